The van der Waals surface area contributed by atoms with E-state index in [1.54, 1.807) is 18.4 Å². The minimum Gasteiger partial charge on any atom is -0.493 e. The van der Waals surface area contributed by atoms with Crippen LogP contribution in [0.1, 0.15) is 22.1 Å². The molecule has 1 aliphatic heterocycles. The lowest BCUT2D eigenvalue weighted by molar-refractivity contribution is 0.184. The summed E-state index contributed by atoms with van der Waals surface area (Å²) in [5, 5.41) is 18.2. The first kappa shape index (κ1) is 21.9. The minimum atomic E-state index is -0.562. The predicted molar refractivity (Wildman–Crippen MR) is 131 cm³/mol. The summed E-state index contributed by atoms with van der Waals surface area (Å²) >= 11 is 1.63. The average Bonchev–Trinajstić information content (AvgIpc) is 3.36. The molecule has 7 heteroatoms. The molecule has 0 aliphatic carbocycles. The fraction of sp³-hybridized carbons (Fsp3) is 0.318. The Morgan fingerprint density at radius 2 is 2.07 bits per heavy atom. The first-order valence-electron chi connectivity index (χ1n) is 9.58. The van der Waals surface area contributed by atoms with E-state index in [9.17, 15) is 5.11 Å². The number of ether oxygens (including phenoxy) is 1. The van der Waals surface area contributed by atoms with Crippen LogP contribution in [0.2, 0.25) is 0 Å². The molecule has 3 aromatic rings. The first-order valence-corrected chi connectivity index (χ1v) is 10.4. The number of nitrogens with zero attached hydrogens (tertiary/aromatic N) is 1. The normalized spacial score (nSPS) is 14.1. The Balaban J connectivity index is 0.00000240. The predicted octanol–water partition coefficient (Wildman–Crippen LogP) is 3.90. The van der Waals surface area contributed by atoms with Crippen molar-refractivity contribution in [2.24, 2.45) is 4.99 Å². The standard InChI is InChI=1S/C22H25N3O2S.HI/c1-23-22(24-10-8-15-6-7-19-16(12-15)9-11-27-19)25-14-18(26)21-13-17-4-2-3-5-20(17)28-21;/h2-7,12-13,18,26H,8-11,14H2,1H3,(H2,23,24,25);1H. The van der Waals surface area contributed by atoms with Crippen molar-refractivity contribution in [1.29, 1.82) is 0 Å². The van der Waals surface area contributed by atoms with Gasteiger partial charge in [-0.3, -0.25) is 4.99 Å². The zero-order valence-electron chi connectivity index (χ0n) is 16.4. The smallest absolute Gasteiger partial charge is 0.191 e. The number of nitrogens with one attached hydrogen (secondary N) is 2. The van der Waals surface area contributed by atoms with E-state index in [-0.39, 0.29) is 24.0 Å². The van der Waals surface area contributed by atoms with E-state index < -0.39 is 6.10 Å². The maximum atomic E-state index is 10.5. The van der Waals surface area contributed by atoms with Crippen LogP contribution < -0.4 is 15.4 Å². The summed E-state index contributed by atoms with van der Waals surface area (Å²) in [6.45, 7) is 1.98. The van der Waals surface area contributed by atoms with Crippen LogP contribution in [0, 0.1) is 0 Å². The number of aliphatic imine (C=N–C) groups is 1. The van der Waals surface area contributed by atoms with E-state index in [2.05, 4.69) is 52.0 Å². The van der Waals surface area contributed by atoms with Crippen LogP contribution in [0.15, 0.2) is 53.5 Å². The van der Waals surface area contributed by atoms with Crippen molar-refractivity contribution >= 4 is 51.4 Å². The second-order valence-corrected chi connectivity index (χ2v) is 7.99. The molecule has 1 aromatic heterocycles. The summed E-state index contributed by atoms with van der Waals surface area (Å²) < 4.78 is 6.75. The van der Waals surface area contributed by atoms with Crippen molar-refractivity contribution in [2.45, 2.75) is 18.9 Å². The molecule has 0 spiro atoms. The molecule has 2 aromatic carbocycles. The highest BCUT2D eigenvalue weighted by atomic mass is 127. The lowest BCUT2D eigenvalue weighted by Gasteiger charge is -2.14. The first-order chi connectivity index (χ1) is 13.7. The third-order valence-electron chi connectivity index (χ3n) is 4.92. The van der Waals surface area contributed by atoms with Crippen LogP contribution in [-0.4, -0.2) is 37.8 Å². The van der Waals surface area contributed by atoms with E-state index in [1.165, 1.54) is 21.2 Å². The summed E-state index contributed by atoms with van der Waals surface area (Å²) in [6, 6.07) is 16.7. The zero-order valence-corrected chi connectivity index (χ0v) is 19.5. The maximum Gasteiger partial charge on any atom is 0.191 e. The van der Waals surface area contributed by atoms with Gasteiger partial charge in [-0.15, -0.1) is 35.3 Å². The number of aliphatic hydroxyl groups excluding tert-OH is 1. The van der Waals surface area contributed by atoms with E-state index in [4.69, 9.17) is 4.74 Å². The van der Waals surface area contributed by atoms with Crippen LogP contribution in [-0.2, 0) is 12.8 Å². The molecule has 0 fully saturated rings. The van der Waals surface area contributed by atoms with Gasteiger partial charge in [0.15, 0.2) is 5.96 Å². The molecule has 3 N–H and O–H groups in total. The van der Waals surface area contributed by atoms with Crippen molar-refractivity contribution in [2.75, 3.05) is 26.7 Å². The van der Waals surface area contributed by atoms with Crippen molar-refractivity contribution in [3.63, 3.8) is 0 Å². The van der Waals surface area contributed by atoms with E-state index >= 15 is 0 Å². The molecule has 0 saturated carbocycles. The molecule has 5 nitrogen and oxygen atoms in total. The van der Waals surface area contributed by atoms with Gasteiger partial charge >= 0.3 is 0 Å². The lowest BCUT2D eigenvalue weighted by Crippen LogP contribution is -2.40. The van der Waals surface area contributed by atoms with Crippen molar-refractivity contribution < 1.29 is 9.84 Å². The molecule has 4 rings (SSSR count). The molecule has 0 saturated heterocycles. The van der Waals surface area contributed by atoms with Gasteiger partial charge in [0.2, 0.25) is 0 Å². The molecule has 2 heterocycles. The van der Waals surface area contributed by atoms with Gasteiger partial charge in [0, 0.05) is 36.1 Å². The van der Waals surface area contributed by atoms with Crippen molar-refractivity contribution in [1.82, 2.24) is 10.6 Å². The monoisotopic (exact) mass is 523 g/mol. The second kappa shape index (κ2) is 10.3. The maximum absolute atomic E-state index is 10.5. The highest BCUT2D eigenvalue weighted by Gasteiger charge is 2.13. The summed E-state index contributed by atoms with van der Waals surface area (Å²) in [4.78, 5) is 5.21. The van der Waals surface area contributed by atoms with Crippen LogP contribution >= 0.6 is 35.3 Å². The fourth-order valence-corrected chi connectivity index (χ4v) is 4.45. The number of benzene rings is 2. The Morgan fingerprint density at radius 1 is 1.21 bits per heavy atom. The SMILES string of the molecule is CN=C(NCCc1ccc2c(c1)CCO2)NCC(O)c1cc2ccccc2s1.I. The van der Waals surface area contributed by atoms with Crippen LogP contribution in [0.25, 0.3) is 10.1 Å². The summed E-state index contributed by atoms with van der Waals surface area (Å²) in [6.07, 6.45) is 1.34. The molecule has 1 atom stereocenters. The van der Waals surface area contributed by atoms with Crippen molar-refractivity contribution in [3.05, 3.63) is 64.5 Å². The second-order valence-electron chi connectivity index (χ2n) is 6.87. The van der Waals surface area contributed by atoms with Gasteiger partial charge in [-0.1, -0.05) is 30.3 Å². The third kappa shape index (κ3) is 5.40. The Morgan fingerprint density at radius 3 is 2.90 bits per heavy atom. The average molecular weight is 523 g/mol. The lowest BCUT2D eigenvalue weighted by atomic mass is 10.1. The van der Waals surface area contributed by atoms with E-state index in [1.807, 2.05) is 12.1 Å². The van der Waals surface area contributed by atoms with Crippen LogP contribution in [0.4, 0.5) is 0 Å². The zero-order chi connectivity index (χ0) is 19.3. The van der Waals surface area contributed by atoms with Crippen LogP contribution in [0.5, 0.6) is 5.75 Å². The Hall–Kier alpha value is -1.84. The molecule has 0 bridgehead atoms. The number of thiophene rings is 1. The number of hydrogen-bond acceptors (Lipinski definition) is 4. The molecule has 1 aliphatic rings. The van der Waals surface area contributed by atoms with Crippen LogP contribution in [0.3, 0.4) is 0 Å². The number of halogens is 1. The third-order valence-corrected chi connectivity index (χ3v) is 6.14. The largest absolute Gasteiger partial charge is 0.493 e. The highest BCUT2D eigenvalue weighted by molar-refractivity contribution is 14.0. The Bertz CT molecular complexity index is 956. The van der Waals surface area contributed by atoms with Gasteiger partial charge < -0.3 is 20.5 Å². The van der Waals surface area contributed by atoms with Gasteiger partial charge in [0.1, 0.15) is 11.9 Å². The van der Waals surface area contributed by atoms with Gasteiger partial charge in [-0.2, -0.15) is 0 Å². The summed E-state index contributed by atoms with van der Waals surface area (Å²) in [5.41, 5.74) is 2.59. The number of guanidine groups is 1. The number of rotatable bonds is 6. The molecule has 154 valence electrons. The molecular formula is C22H26IN3O2S. The van der Waals surface area contributed by atoms with Gasteiger partial charge in [0.25, 0.3) is 0 Å². The topological polar surface area (TPSA) is 65.9 Å². The fourth-order valence-electron chi connectivity index (χ4n) is 3.40. The minimum absolute atomic E-state index is 0. The molecule has 0 amide bonds. The highest BCUT2D eigenvalue weighted by Crippen LogP contribution is 2.29. The number of fused-ring (bicyclic) bond motifs is 2. The molecular weight excluding hydrogens is 497 g/mol. The number of aliphatic hydroxyl groups is 1. The molecule has 0 radical (unpaired) electrons. The van der Waals surface area contributed by atoms with Gasteiger partial charge in [-0.05, 0) is 41.1 Å². The Kier molecular flexibility index (Phi) is 7.74. The number of hydrogen-bond donors (Lipinski definition) is 3. The van der Waals surface area contributed by atoms with E-state index in [0.717, 1.165) is 36.6 Å². The van der Waals surface area contributed by atoms with Gasteiger partial charge in [-0.25, -0.2) is 0 Å². The van der Waals surface area contributed by atoms with E-state index in [0.29, 0.717) is 12.5 Å². The quantitative estimate of drug-likeness (QED) is 0.261. The summed E-state index contributed by atoms with van der Waals surface area (Å²) in [7, 11) is 1.74. The molecule has 29 heavy (non-hydrogen) atoms. The van der Waals surface area contributed by atoms with Gasteiger partial charge in [0.05, 0.1) is 6.61 Å². The van der Waals surface area contributed by atoms with Crippen molar-refractivity contribution in [3.8, 4) is 5.75 Å². The Labute approximate surface area is 192 Å². The summed E-state index contributed by atoms with van der Waals surface area (Å²) in [5.74, 6) is 1.72. The molecule has 1 unspecified atom stereocenters.